The minimum Gasteiger partial charge on any atom is -0.464 e. The van der Waals surface area contributed by atoms with E-state index in [-0.39, 0.29) is 21.7 Å². The molecule has 0 aliphatic heterocycles. The number of alkyl halides is 3. The lowest BCUT2D eigenvalue weighted by Crippen LogP contribution is -2.47. The topological polar surface area (TPSA) is 192 Å². The number of carbonyl (C=O) groups is 4. The van der Waals surface area contributed by atoms with E-state index in [1.165, 1.54) is 27.9 Å². The lowest BCUT2D eigenvalue weighted by Gasteiger charge is -2.30. The van der Waals surface area contributed by atoms with Crippen LogP contribution in [0.1, 0.15) is 83.1 Å². The summed E-state index contributed by atoms with van der Waals surface area (Å²) in [6.07, 6.45) is -7.44. The Morgan fingerprint density at radius 3 is 1.42 bits per heavy atom. The SMILES string of the molecule is CON=C[C@@H](F)[C@H](OC(=O)C(C)(C)C)[C@@H](Br)COC(=O)C(C)(C)C.CON=C[C@@H](F)[C@H](OC(=O)C(C)(C)C)[C@@H](COC(=O)C(C)(C)C)OS(=O)(=O)c1cc(Cl)c(Cl)cc1Cl. The normalized spacial score (nSPS) is 15.7. The van der Waals surface area contributed by atoms with Gasteiger partial charge in [0, 0.05) is 0 Å². The minimum absolute atomic E-state index is 0.0205. The van der Waals surface area contributed by atoms with Crippen molar-refractivity contribution in [1.82, 2.24) is 0 Å². The molecule has 0 aliphatic carbocycles. The Bertz CT molecular complexity index is 1780. The standard InChI is InChI=1S/C22H29Cl3FNO8S.C16H27BrFNO5/c1-21(2,3)19(28)33-11-16(18(15(26)10-27-32-7)34-20(29)22(4,5)6)35-36(30,31)17-9-13(24)12(23)8-14(17)25;1-15(2,3)13(20)23-9-10(17)12(11(18)8-19-22-7)24-14(21)16(4,5)6/h8-10,15-16,18H,11H2,1-7H3;8,10-12H,9H2,1-7H3/t15-,16-,18+;10-,11+,12+/m10/s1. The summed E-state index contributed by atoms with van der Waals surface area (Å²) in [5.74, 6) is -2.65. The van der Waals surface area contributed by atoms with Crippen molar-refractivity contribution in [2.75, 3.05) is 27.4 Å². The van der Waals surface area contributed by atoms with Crippen LogP contribution in [0.4, 0.5) is 8.78 Å². The summed E-state index contributed by atoms with van der Waals surface area (Å²) in [6, 6.07) is 2.02. The van der Waals surface area contributed by atoms with Crippen LogP contribution in [-0.4, -0.2) is 108 Å². The van der Waals surface area contributed by atoms with E-state index in [9.17, 15) is 32.0 Å². The van der Waals surface area contributed by atoms with E-state index in [2.05, 4.69) is 35.9 Å². The van der Waals surface area contributed by atoms with Gasteiger partial charge in [0.15, 0.2) is 30.7 Å². The van der Waals surface area contributed by atoms with Crippen LogP contribution in [-0.2, 0) is 62.1 Å². The number of carbonyl (C=O) groups excluding carboxylic acids is 4. The van der Waals surface area contributed by atoms with Crippen molar-refractivity contribution in [2.45, 2.75) is 123 Å². The molecule has 0 amide bonds. The van der Waals surface area contributed by atoms with E-state index >= 15 is 4.39 Å². The Balaban J connectivity index is 0.00000126. The fourth-order valence-corrected chi connectivity index (χ4v) is 6.20. The zero-order valence-electron chi connectivity index (χ0n) is 36.1. The van der Waals surface area contributed by atoms with Gasteiger partial charge in [-0.2, -0.15) is 8.42 Å². The molecule has 0 saturated heterocycles. The maximum Gasteiger partial charge on any atom is 0.311 e. The van der Waals surface area contributed by atoms with Crippen molar-refractivity contribution in [2.24, 2.45) is 32.0 Å². The second-order valence-corrected chi connectivity index (χ2v) is 20.9. The Morgan fingerprint density at radius 2 is 1.02 bits per heavy atom. The van der Waals surface area contributed by atoms with Crippen molar-refractivity contribution < 1.29 is 69.2 Å². The number of hydrogen-bond donors (Lipinski definition) is 0. The molecule has 0 bridgehead atoms. The van der Waals surface area contributed by atoms with E-state index in [0.29, 0.717) is 6.21 Å². The highest BCUT2D eigenvalue weighted by Crippen LogP contribution is 2.34. The number of benzene rings is 1. The van der Waals surface area contributed by atoms with Gasteiger partial charge in [-0.3, -0.25) is 23.4 Å². The highest BCUT2D eigenvalue weighted by Gasteiger charge is 2.42. The molecule has 0 fully saturated rings. The number of ether oxygens (including phenoxy) is 4. The van der Waals surface area contributed by atoms with Gasteiger partial charge in [-0.25, -0.2) is 8.78 Å². The first kappa shape index (κ1) is 57.2. The Morgan fingerprint density at radius 1 is 0.650 bits per heavy atom. The van der Waals surface area contributed by atoms with Crippen molar-refractivity contribution >= 4 is 97.2 Å². The van der Waals surface area contributed by atoms with E-state index in [0.717, 1.165) is 25.5 Å². The Hall–Kier alpha value is -2.84. The molecule has 0 radical (unpaired) electrons. The van der Waals surface area contributed by atoms with Gasteiger partial charge in [0.2, 0.25) is 0 Å². The van der Waals surface area contributed by atoms with Crippen molar-refractivity contribution in [1.29, 1.82) is 0 Å². The van der Waals surface area contributed by atoms with E-state index < -0.39 is 103 Å². The third kappa shape index (κ3) is 19.9. The maximum atomic E-state index is 15.2. The average molecular weight is 1010 g/mol. The van der Waals surface area contributed by atoms with Crippen molar-refractivity contribution in [3.05, 3.63) is 27.2 Å². The second kappa shape index (κ2) is 24.1. The summed E-state index contributed by atoms with van der Waals surface area (Å²) < 4.78 is 81.9. The highest BCUT2D eigenvalue weighted by atomic mass is 79.9. The average Bonchev–Trinajstić information content (AvgIpc) is 3.10. The molecular formula is C38H56BrCl3F2N2O13S. The molecule has 22 heteroatoms. The summed E-state index contributed by atoms with van der Waals surface area (Å²) in [7, 11) is -2.36. The van der Waals surface area contributed by atoms with Crippen LogP contribution in [0.2, 0.25) is 15.1 Å². The molecule has 1 aromatic carbocycles. The van der Waals surface area contributed by atoms with Gasteiger partial charge < -0.3 is 28.6 Å². The Labute approximate surface area is 374 Å². The van der Waals surface area contributed by atoms with Crippen molar-refractivity contribution in [3.8, 4) is 0 Å². The summed E-state index contributed by atoms with van der Waals surface area (Å²) in [4.78, 5) is 56.4. The van der Waals surface area contributed by atoms with Gasteiger partial charge in [-0.05, 0) is 95.2 Å². The number of halogens is 6. The first-order chi connectivity index (χ1) is 27.1. The van der Waals surface area contributed by atoms with Gasteiger partial charge in [0.25, 0.3) is 10.1 Å². The molecule has 15 nitrogen and oxygen atoms in total. The fourth-order valence-electron chi connectivity index (χ4n) is 3.62. The second-order valence-electron chi connectivity index (χ2n) is 17.0. The summed E-state index contributed by atoms with van der Waals surface area (Å²) in [5, 5.41) is 6.17. The molecule has 0 saturated carbocycles. The van der Waals surface area contributed by atoms with Crippen molar-refractivity contribution in [3.63, 3.8) is 0 Å². The fraction of sp³-hybridized carbons (Fsp3) is 0.684. The molecule has 0 heterocycles. The van der Waals surface area contributed by atoms with Crippen LogP contribution in [0.15, 0.2) is 27.3 Å². The number of hydrogen-bond acceptors (Lipinski definition) is 15. The lowest BCUT2D eigenvalue weighted by atomic mass is 9.97. The van der Waals surface area contributed by atoms with Crippen LogP contribution in [0, 0.1) is 21.7 Å². The van der Waals surface area contributed by atoms with Gasteiger partial charge in [-0.1, -0.05) is 61.0 Å². The van der Waals surface area contributed by atoms with Crippen LogP contribution in [0.5, 0.6) is 0 Å². The van der Waals surface area contributed by atoms with E-state index in [1.807, 2.05) is 0 Å². The largest absolute Gasteiger partial charge is 0.464 e. The van der Waals surface area contributed by atoms with Crippen LogP contribution in [0.25, 0.3) is 0 Å². The molecule has 6 atom stereocenters. The van der Waals surface area contributed by atoms with Gasteiger partial charge in [-0.15, -0.1) is 0 Å². The predicted octanol–water partition coefficient (Wildman–Crippen LogP) is 8.51. The molecule has 0 spiro atoms. The van der Waals surface area contributed by atoms with Gasteiger partial charge >= 0.3 is 23.9 Å². The Kier molecular flexibility index (Phi) is 23.0. The quantitative estimate of drug-likeness (QED) is 0.0275. The molecule has 344 valence electrons. The molecule has 0 unspecified atom stereocenters. The van der Waals surface area contributed by atoms with Crippen LogP contribution < -0.4 is 0 Å². The molecular weight excluding hydrogens is 949 g/mol. The van der Waals surface area contributed by atoms with Crippen LogP contribution >= 0.6 is 50.7 Å². The smallest absolute Gasteiger partial charge is 0.311 e. The first-order valence-corrected chi connectivity index (χ1v) is 21.5. The van der Waals surface area contributed by atoms with Crippen LogP contribution in [0.3, 0.4) is 0 Å². The molecule has 60 heavy (non-hydrogen) atoms. The molecule has 1 aromatic rings. The molecule has 0 aliphatic rings. The van der Waals surface area contributed by atoms with E-state index in [4.69, 9.17) is 57.9 Å². The summed E-state index contributed by atoms with van der Waals surface area (Å²) in [6.45, 7) is 18.3. The third-order valence-corrected chi connectivity index (χ3v) is 10.5. The highest BCUT2D eigenvalue weighted by molar-refractivity contribution is 9.09. The number of oxime groups is 2. The van der Waals surface area contributed by atoms with E-state index in [1.54, 1.807) is 62.3 Å². The molecule has 0 aromatic heterocycles. The summed E-state index contributed by atoms with van der Waals surface area (Å²) in [5.41, 5.74) is -3.57. The predicted molar refractivity (Wildman–Crippen MR) is 227 cm³/mol. The monoisotopic (exact) mass is 1000 g/mol. The zero-order chi connectivity index (χ0) is 47.2. The molecule has 1 rings (SSSR count). The minimum atomic E-state index is -4.78. The lowest BCUT2D eigenvalue weighted by molar-refractivity contribution is -0.171. The number of nitrogens with zero attached hydrogens (tertiary/aromatic N) is 2. The number of rotatable bonds is 17. The van der Waals surface area contributed by atoms with Gasteiger partial charge in [0.1, 0.15) is 32.3 Å². The zero-order valence-corrected chi connectivity index (χ0v) is 40.7. The third-order valence-electron chi connectivity index (χ3n) is 7.15. The maximum absolute atomic E-state index is 15.2. The molecule has 0 N–H and O–H groups in total. The number of esters is 4. The summed E-state index contributed by atoms with van der Waals surface area (Å²) >= 11 is 21.1. The first-order valence-electron chi connectivity index (χ1n) is 18.0. The van der Waals surface area contributed by atoms with Gasteiger partial charge in [0.05, 0.1) is 54.0 Å².